The molecule has 1 aromatic rings. The van der Waals surface area contributed by atoms with Gasteiger partial charge in [0, 0.05) is 19.5 Å². The van der Waals surface area contributed by atoms with Crippen molar-refractivity contribution in [2.75, 3.05) is 13.1 Å². The first-order valence-electron chi connectivity index (χ1n) is 13.1. The number of aliphatic hydroxyl groups is 2. The molecular formula is C26H36FN5O8. The Morgan fingerprint density at radius 1 is 1.02 bits per heavy atom. The number of nitrogens with zero attached hydrogens (tertiary/aromatic N) is 2. The maximum atomic E-state index is 14.0. The molecule has 6 atom stereocenters. The van der Waals surface area contributed by atoms with Crippen LogP contribution in [0.15, 0.2) is 24.3 Å². The van der Waals surface area contributed by atoms with E-state index in [2.05, 4.69) is 5.32 Å². The molecule has 5 amide bonds. The standard InChI is InChI=1S/C26H36FN5O8/c1-14(33)19(21(28)35)29-24(38)26(13-16-6-8-17(27)9-7-16)10-4-12-32(26)22(36)18-5-3-11-31(18)23(37)20(15(2)34)30-25(39)40/h6-9,14-15,18-20,30,33-34H,3-5,10-13H2,1-2H3,(H2,28,35)(H,29,38)(H,39,40)/t14?,15?,18-,19?,20?,26?/m0/s1. The van der Waals surface area contributed by atoms with Crippen molar-refractivity contribution in [1.82, 2.24) is 20.4 Å². The Labute approximate surface area is 230 Å². The van der Waals surface area contributed by atoms with E-state index < -0.39 is 71.4 Å². The van der Waals surface area contributed by atoms with Crippen molar-refractivity contribution in [3.63, 3.8) is 0 Å². The van der Waals surface area contributed by atoms with Gasteiger partial charge in [-0.3, -0.25) is 19.2 Å². The van der Waals surface area contributed by atoms with Crippen LogP contribution in [0.25, 0.3) is 0 Å². The summed E-state index contributed by atoms with van der Waals surface area (Å²) in [5.74, 6) is -3.54. The second kappa shape index (κ2) is 12.6. The highest BCUT2D eigenvalue weighted by molar-refractivity contribution is 5.98. The second-order valence-corrected chi connectivity index (χ2v) is 10.4. The summed E-state index contributed by atoms with van der Waals surface area (Å²) >= 11 is 0. The highest BCUT2D eigenvalue weighted by atomic mass is 19.1. The Kier molecular flexibility index (Phi) is 9.69. The summed E-state index contributed by atoms with van der Waals surface area (Å²) in [6.07, 6.45) is -3.02. The fourth-order valence-corrected chi connectivity index (χ4v) is 5.51. The van der Waals surface area contributed by atoms with E-state index in [-0.39, 0.29) is 32.4 Å². The molecule has 2 fully saturated rings. The van der Waals surface area contributed by atoms with Gasteiger partial charge in [0.2, 0.25) is 23.6 Å². The lowest BCUT2D eigenvalue weighted by Crippen LogP contribution is -2.65. The van der Waals surface area contributed by atoms with E-state index in [4.69, 9.17) is 10.8 Å². The lowest BCUT2D eigenvalue weighted by molar-refractivity contribution is -0.153. The van der Waals surface area contributed by atoms with Gasteiger partial charge in [-0.15, -0.1) is 0 Å². The van der Waals surface area contributed by atoms with Crippen LogP contribution in [0.3, 0.4) is 0 Å². The summed E-state index contributed by atoms with van der Waals surface area (Å²) in [5.41, 5.74) is 4.35. The minimum absolute atomic E-state index is 0.0479. The highest BCUT2D eigenvalue weighted by Crippen LogP contribution is 2.36. The Balaban J connectivity index is 1.98. The second-order valence-electron chi connectivity index (χ2n) is 10.4. The molecule has 0 spiro atoms. The van der Waals surface area contributed by atoms with E-state index in [0.717, 1.165) is 0 Å². The molecule has 2 aliphatic heterocycles. The fourth-order valence-electron chi connectivity index (χ4n) is 5.51. The van der Waals surface area contributed by atoms with E-state index in [0.29, 0.717) is 18.4 Å². The number of likely N-dealkylation sites (tertiary alicyclic amines) is 2. The Morgan fingerprint density at radius 2 is 1.65 bits per heavy atom. The molecule has 3 rings (SSSR count). The number of amides is 5. The first kappa shape index (κ1) is 30.8. The molecule has 0 aromatic heterocycles. The topological polar surface area (TPSA) is 203 Å². The largest absolute Gasteiger partial charge is 0.465 e. The zero-order chi connectivity index (χ0) is 29.8. The molecule has 2 aliphatic rings. The molecule has 0 bridgehead atoms. The highest BCUT2D eigenvalue weighted by Gasteiger charge is 2.53. The number of carbonyl (C=O) groups is 5. The third-order valence-electron chi connectivity index (χ3n) is 7.51. The maximum Gasteiger partial charge on any atom is 0.405 e. The van der Waals surface area contributed by atoms with Crippen LogP contribution in [0.5, 0.6) is 0 Å². The van der Waals surface area contributed by atoms with Crippen molar-refractivity contribution in [3.05, 3.63) is 35.6 Å². The number of carbonyl (C=O) groups excluding carboxylic acids is 4. The smallest absolute Gasteiger partial charge is 0.405 e. The summed E-state index contributed by atoms with van der Waals surface area (Å²) in [6.45, 7) is 2.80. The minimum Gasteiger partial charge on any atom is -0.465 e. The van der Waals surface area contributed by atoms with Crippen molar-refractivity contribution in [3.8, 4) is 0 Å². The van der Waals surface area contributed by atoms with Gasteiger partial charge in [0.15, 0.2) is 0 Å². The number of aliphatic hydroxyl groups excluding tert-OH is 2. The molecule has 13 nitrogen and oxygen atoms in total. The van der Waals surface area contributed by atoms with Gasteiger partial charge < -0.3 is 41.5 Å². The Morgan fingerprint density at radius 3 is 2.20 bits per heavy atom. The van der Waals surface area contributed by atoms with Gasteiger partial charge in [-0.1, -0.05) is 12.1 Å². The molecule has 0 saturated carbocycles. The van der Waals surface area contributed by atoms with E-state index >= 15 is 0 Å². The first-order chi connectivity index (χ1) is 18.8. The van der Waals surface area contributed by atoms with E-state index in [1.807, 2.05) is 5.32 Å². The third-order valence-corrected chi connectivity index (χ3v) is 7.51. The zero-order valence-electron chi connectivity index (χ0n) is 22.4. The minimum atomic E-state index is -1.56. The summed E-state index contributed by atoms with van der Waals surface area (Å²) in [7, 11) is 0. The molecule has 2 saturated heterocycles. The third kappa shape index (κ3) is 6.50. The normalized spacial score (nSPS) is 23.7. The maximum absolute atomic E-state index is 14.0. The van der Waals surface area contributed by atoms with Crippen LogP contribution in [0.2, 0.25) is 0 Å². The van der Waals surface area contributed by atoms with Crippen molar-refractivity contribution < 1.29 is 43.7 Å². The van der Waals surface area contributed by atoms with Gasteiger partial charge in [0.05, 0.1) is 12.2 Å². The molecule has 7 N–H and O–H groups in total. The van der Waals surface area contributed by atoms with E-state index in [9.17, 15) is 38.6 Å². The number of carboxylic acid groups (broad SMARTS) is 1. The Hall–Kier alpha value is -3.78. The van der Waals surface area contributed by atoms with Gasteiger partial charge >= 0.3 is 6.09 Å². The average Bonchev–Trinajstić information content (AvgIpc) is 3.54. The van der Waals surface area contributed by atoms with Crippen molar-refractivity contribution in [1.29, 1.82) is 0 Å². The number of rotatable bonds is 10. The van der Waals surface area contributed by atoms with E-state index in [1.165, 1.54) is 47.9 Å². The fraction of sp³-hybridized carbons (Fsp3) is 0.577. The summed E-state index contributed by atoms with van der Waals surface area (Å²) in [5, 5.41) is 33.7. The summed E-state index contributed by atoms with van der Waals surface area (Å²) in [4.78, 5) is 66.8. The number of hydrogen-bond donors (Lipinski definition) is 6. The predicted octanol–water partition coefficient (Wildman–Crippen LogP) is -0.912. The molecule has 0 radical (unpaired) electrons. The molecule has 40 heavy (non-hydrogen) atoms. The monoisotopic (exact) mass is 565 g/mol. The first-order valence-corrected chi connectivity index (χ1v) is 13.1. The van der Waals surface area contributed by atoms with Crippen molar-refractivity contribution in [2.24, 2.45) is 5.73 Å². The van der Waals surface area contributed by atoms with Crippen LogP contribution in [0.4, 0.5) is 9.18 Å². The van der Waals surface area contributed by atoms with Gasteiger partial charge in [-0.05, 0) is 57.2 Å². The van der Waals surface area contributed by atoms with Crippen LogP contribution >= 0.6 is 0 Å². The molecule has 14 heteroatoms. The molecule has 1 aromatic carbocycles. The number of hydrogen-bond acceptors (Lipinski definition) is 7. The van der Waals surface area contributed by atoms with Gasteiger partial charge in [0.1, 0.15) is 29.5 Å². The molecule has 0 aliphatic carbocycles. The number of halogens is 1. The quantitative estimate of drug-likeness (QED) is 0.209. The molecular weight excluding hydrogens is 529 g/mol. The van der Waals surface area contributed by atoms with Gasteiger partial charge in [-0.25, -0.2) is 9.18 Å². The lowest BCUT2D eigenvalue weighted by Gasteiger charge is -2.41. The van der Waals surface area contributed by atoms with Gasteiger partial charge in [0.25, 0.3) is 0 Å². The van der Waals surface area contributed by atoms with Crippen LogP contribution in [-0.4, -0.2) is 104 Å². The number of benzene rings is 1. The number of primary amides is 1. The zero-order valence-corrected chi connectivity index (χ0v) is 22.4. The van der Waals surface area contributed by atoms with E-state index in [1.54, 1.807) is 0 Å². The van der Waals surface area contributed by atoms with Gasteiger partial charge in [-0.2, -0.15) is 0 Å². The number of nitrogens with one attached hydrogen (secondary N) is 2. The van der Waals surface area contributed by atoms with Crippen LogP contribution in [-0.2, 0) is 25.6 Å². The van der Waals surface area contributed by atoms with Crippen molar-refractivity contribution in [2.45, 2.75) is 81.8 Å². The Bertz CT molecular complexity index is 1130. The molecule has 5 unspecified atom stereocenters. The summed E-state index contributed by atoms with van der Waals surface area (Å²) < 4.78 is 13.6. The van der Waals surface area contributed by atoms with Crippen LogP contribution in [0.1, 0.15) is 45.1 Å². The molecule has 2 heterocycles. The lowest BCUT2D eigenvalue weighted by atomic mass is 9.86. The summed E-state index contributed by atoms with van der Waals surface area (Å²) in [6, 6.07) is 1.41. The van der Waals surface area contributed by atoms with Crippen molar-refractivity contribution >= 4 is 29.7 Å². The average molecular weight is 566 g/mol. The molecule has 220 valence electrons. The number of nitrogens with two attached hydrogens (primary N) is 1. The predicted molar refractivity (Wildman–Crippen MR) is 138 cm³/mol. The van der Waals surface area contributed by atoms with Crippen LogP contribution in [0, 0.1) is 5.82 Å². The van der Waals surface area contributed by atoms with Crippen LogP contribution < -0.4 is 16.4 Å². The SMILES string of the molecule is CC(O)C(NC(=O)C1(Cc2ccc(F)cc2)CCCN1C(=O)[C@@H]1CCCN1C(=O)C(NC(=O)O)C(C)O)C(N)=O.